The molecule has 45 heavy (non-hydrogen) atoms. The van der Waals surface area contributed by atoms with Gasteiger partial charge >= 0.3 is 0 Å². The molecule has 1 N–H and O–H groups in total. The summed E-state index contributed by atoms with van der Waals surface area (Å²) in [5.41, 5.74) is 1.59. The van der Waals surface area contributed by atoms with E-state index in [4.69, 9.17) is 4.74 Å². The Kier molecular flexibility index (Phi) is 11.0. The van der Waals surface area contributed by atoms with Crippen molar-refractivity contribution < 1.29 is 19.4 Å². The molecule has 4 heteroatoms. The van der Waals surface area contributed by atoms with Gasteiger partial charge in [0.1, 0.15) is 11.5 Å². The van der Waals surface area contributed by atoms with Gasteiger partial charge in [0, 0.05) is 38.8 Å². The van der Waals surface area contributed by atoms with Crippen LogP contribution in [0.3, 0.4) is 0 Å². The summed E-state index contributed by atoms with van der Waals surface area (Å²) in [7, 11) is 0. The van der Waals surface area contributed by atoms with Crippen molar-refractivity contribution in [1.29, 1.82) is 0 Å². The number of carbonyl (C=O) groups is 2. The fraction of sp³-hybridized carbons (Fsp3) is 0.659. The molecule has 2 aromatic rings. The highest BCUT2D eigenvalue weighted by Crippen LogP contribution is 2.46. The normalized spacial score (nSPS) is 13.6. The van der Waals surface area contributed by atoms with Crippen LogP contribution in [0.4, 0.5) is 0 Å². The summed E-state index contributed by atoms with van der Waals surface area (Å²) < 4.78 is 7.16. The zero-order valence-electron chi connectivity index (χ0n) is 31.8. The number of carbonyl (C=O) groups excluding carboxylic acids is 2. The van der Waals surface area contributed by atoms with Crippen LogP contribution in [0.1, 0.15) is 186 Å². The van der Waals surface area contributed by atoms with E-state index in [-0.39, 0.29) is 39.0 Å². The van der Waals surface area contributed by atoms with E-state index in [1.54, 1.807) is 0 Å². The van der Waals surface area contributed by atoms with Crippen LogP contribution < -0.4 is 4.74 Å². The second kappa shape index (κ2) is 12.9. The van der Waals surface area contributed by atoms with E-state index in [0.29, 0.717) is 29.7 Å². The quantitative estimate of drug-likeness (QED) is 0.268. The first-order valence-electron chi connectivity index (χ1n) is 17.1. The van der Waals surface area contributed by atoms with Gasteiger partial charge in [0.25, 0.3) is 0 Å². The molecule has 2 rings (SSSR count). The predicted molar refractivity (Wildman–Crippen MR) is 191 cm³/mol. The van der Waals surface area contributed by atoms with Gasteiger partial charge in [0.2, 0.25) is 5.78 Å². The Hall–Kier alpha value is -2.62. The lowest BCUT2D eigenvalue weighted by molar-refractivity contribution is 0.0393. The highest BCUT2D eigenvalue weighted by atomic mass is 16.5. The van der Waals surface area contributed by atoms with Gasteiger partial charge in [-0.05, 0) is 71.6 Å². The van der Waals surface area contributed by atoms with E-state index in [1.807, 2.05) is 38.1 Å². The topological polar surface area (TPSA) is 63.6 Å². The zero-order chi connectivity index (χ0) is 35.1. The monoisotopic (exact) mass is 620 g/mol. The zero-order valence-corrected chi connectivity index (χ0v) is 31.8. The van der Waals surface area contributed by atoms with Crippen molar-refractivity contribution in [3.05, 3.63) is 57.6 Å². The lowest BCUT2D eigenvalue weighted by Crippen LogP contribution is -2.45. The summed E-state index contributed by atoms with van der Waals surface area (Å²) in [5, 5.41) is 11.4. The van der Waals surface area contributed by atoms with Crippen LogP contribution in [0.25, 0.3) is 0 Å². The third-order valence-electron chi connectivity index (χ3n) is 9.92. The number of rotatable bonds is 10. The number of hydrogen-bond donors (Lipinski definition) is 1. The van der Waals surface area contributed by atoms with Crippen LogP contribution in [-0.2, 0) is 21.7 Å². The highest BCUT2D eigenvalue weighted by Gasteiger charge is 2.43. The van der Waals surface area contributed by atoms with Gasteiger partial charge in [-0.3, -0.25) is 9.59 Å². The van der Waals surface area contributed by atoms with Gasteiger partial charge in [-0.25, -0.2) is 0 Å². The predicted octanol–water partition coefficient (Wildman–Crippen LogP) is 11.4. The molecule has 0 saturated heterocycles. The average molecular weight is 621 g/mol. The number of hydrogen-bond acceptors (Lipinski definition) is 4. The number of ketones is 2. The molecule has 0 aliphatic heterocycles. The molecule has 0 atom stereocenters. The molecule has 0 saturated carbocycles. The summed E-state index contributed by atoms with van der Waals surface area (Å²) in [5.74, 6) is 1.01. The first-order chi connectivity index (χ1) is 20.2. The van der Waals surface area contributed by atoms with Gasteiger partial charge in [-0.2, -0.15) is 0 Å². The molecule has 252 valence electrons. The molecule has 0 aliphatic rings. The van der Waals surface area contributed by atoms with Crippen LogP contribution in [0.5, 0.6) is 11.5 Å². The number of phenolic OH excluding ortho intramolecular Hbond substituents is 1. The number of Topliss-reactive ketones (excluding diaryl/α,β-unsaturated/α-hetero) is 2. The Labute approximate surface area is 275 Å². The fourth-order valence-corrected chi connectivity index (χ4v) is 6.03. The SMILES string of the molecule is CCC(C)(CC)C(=O)c1cc(C(C)(C)C)c(OC(CC)(CC)C(=O)c2cc(C(C)(C)C)c(O)c(C(C)(C)C)c2)c(C(C)(C)C)c1. The van der Waals surface area contributed by atoms with E-state index in [0.717, 1.165) is 35.1 Å². The number of ether oxygens (including phenoxy) is 1. The van der Waals surface area contributed by atoms with Gasteiger partial charge in [-0.15, -0.1) is 0 Å². The second-order valence-corrected chi connectivity index (χ2v) is 17.5. The van der Waals surface area contributed by atoms with Crippen molar-refractivity contribution in [2.75, 3.05) is 0 Å². The van der Waals surface area contributed by atoms with Crippen molar-refractivity contribution in [3.63, 3.8) is 0 Å². The Morgan fingerprint density at radius 2 is 0.844 bits per heavy atom. The molecule has 0 heterocycles. The van der Waals surface area contributed by atoms with E-state index < -0.39 is 11.0 Å². The van der Waals surface area contributed by atoms with Crippen molar-refractivity contribution in [2.45, 2.75) is 171 Å². The summed E-state index contributed by atoms with van der Waals surface area (Å²) >= 11 is 0. The van der Waals surface area contributed by atoms with Crippen LogP contribution in [0.15, 0.2) is 24.3 Å². The lowest BCUT2D eigenvalue weighted by atomic mass is 9.73. The Balaban J connectivity index is 2.99. The minimum Gasteiger partial charge on any atom is -0.507 e. The Morgan fingerprint density at radius 3 is 1.13 bits per heavy atom. The van der Waals surface area contributed by atoms with E-state index in [9.17, 15) is 14.7 Å². The first-order valence-corrected chi connectivity index (χ1v) is 17.1. The van der Waals surface area contributed by atoms with Gasteiger partial charge in [0.15, 0.2) is 11.4 Å². The van der Waals surface area contributed by atoms with Crippen molar-refractivity contribution >= 4 is 11.6 Å². The molecular weight excluding hydrogens is 556 g/mol. The second-order valence-electron chi connectivity index (χ2n) is 17.5. The maximum Gasteiger partial charge on any atom is 0.206 e. The van der Waals surface area contributed by atoms with E-state index in [2.05, 4.69) is 104 Å². The van der Waals surface area contributed by atoms with Crippen LogP contribution in [0, 0.1) is 5.41 Å². The minimum atomic E-state index is -1.14. The minimum absolute atomic E-state index is 0.0899. The molecule has 0 amide bonds. The molecule has 0 radical (unpaired) electrons. The van der Waals surface area contributed by atoms with E-state index >= 15 is 0 Å². The number of phenols is 1. The smallest absolute Gasteiger partial charge is 0.206 e. The molecule has 0 bridgehead atoms. The molecule has 4 nitrogen and oxygen atoms in total. The van der Waals surface area contributed by atoms with E-state index in [1.165, 1.54) is 0 Å². The maximum absolute atomic E-state index is 14.8. The average Bonchev–Trinajstić information content (AvgIpc) is 2.92. The molecule has 0 fully saturated rings. The summed E-state index contributed by atoms with van der Waals surface area (Å²) in [6.45, 7) is 35.4. The van der Waals surface area contributed by atoms with Crippen molar-refractivity contribution in [1.82, 2.24) is 0 Å². The molecule has 0 spiro atoms. The molecule has 2 aromatic carbocycles. The maximum atomic E-state index is 14.8. The fourth-order valence-electron chi connectivity index (χ4n) is 6.03. The summed E-state index contributed by atoms with van der Waals surface area (Å²) in [6, 6.07) is 7.77. The first kappa shape index (κ1) is 38.6. The van der Waals surface area contributed by atoms with Crippen LogP contribution in [0.2, 0.25) is 0 Å². The number of aromatic hydroxyl groups is 1. The summed E-state index contributed by atoms with van der Waals surface area (Å²) in [6.07, 6.45) is 2.46. The van der Waals surface area contributed by atoms with Crippen LogP contribution in [-0.4, -0.2) is 22.3 Å². The third kappa shape index (κ3) is 7.86. The molecule has 0 unspecified atom stereocenters. The highest BCUT2D eigenvalue weighted by molar-refractivity contribution is 6.04. The molecule has 0 aliphatic carbocycles. The number of benzene rings is 2. The molecular formula is C41H64O4. The standard InChI is InChI=1S/C41H64O4/c1-18-40(17,19-2)34(43)26-24-30(38(11,12)13)33(31(25-26)39(14,15)16)45-41(20-3,21-4)35(44)27-22-28(36(5,6)7)32(42)29(23-27)37(8,9)10/h22-25,42H,18-21H2,1-17H3. The Morgan fingerprint density at radius 1 is 0.533 bits per heavy atom. The molecule has 0 aromatic heterocycles. The van der Waals surface area contributed by atoms with Gasteiger partial charge in [0.05, 0.1) is 0 Å². The van der Waals surface area contributed by atoms with Crippen LogP contribution >= 0.6 is 0 Å². The van der Waals surface area contributed by atoms with Crippen molar-refractivity contribution in [2.24, 2.45) is 5.41 Å². The van der Waals surface area contributed by atoms with Crippen molar-refractivity contribution in [3.8, 4) is 11.5 Å². The van der Waals surface area contributed by atoms with Gasteiger partial charge in [-0.1, -0.05) is 118 Å². The summed E-state index contributed by atoms with van der Waals surface area (Å²) in [4.78, 5) is 28.9. The largest absolute Gasteiger partial charge is 0.507 e. The third-order valence-corrected chi connectivity index (χ3v) is 9.92. The lowest BCUT2D eigenvalue weighted by Gasteiger charge is -2.38. The Bertz CT molecular complexity index is 1320. The van der Waals surface area contributed by atoms with Gasteiger partial charge < -0.3 is 9.84 Å².